The second-order valence-corrected chi connectivity index (χ2v) is 3.93. The lowest BCUT2D eigenvalue weighted by Crippen LogP contribution is -2.40. The van der Waals surface area contributed by atoms with Crippen LogP contribution in [0, 0.1) is 6.92 Å². The molecule has 1 aromatic rings. The minimum absolute atomic E-state index is 0.244. The second kappa shape index (κ2) is 4.00. The van der Waals surface area contributed by atoms with Gasteiger partial charge in [0.25, 0.3) is 5.91 Å². The van der Waals surface area contributed by atoms with E-state index in [9.17, 15) is 9.59 Å². The Morgan fingerprint density at radius 3 is 2.88 bits per heavy atom. The van der Waals surface area contributed by atoms with Gasteiger partial charge in [-0.3, -0.25) is 4.79 Å². The van der Waals surface area contributed by atoms with Crippen LogP contribution in [-0.2, 0) is 4.79 Å². The van der Waals surface area contributed by atoms with Crippen LogP contribution in [0.25, 0.3) is 0 Å². The Balaban J connectivity index is 2.22. The van der Waals surface area contributed by atoms with E-state index in [1.807, 2.05) is 0 Å². The Hall–Kier alpha value is -1.78. The van der Waals surface area contributed by atoms with Crippen LogP contribution in [0.2, 0.25) is 0 Å². The Morgan fingerprint density at radius 2 is 2.31 bits per heavy atom. The second-order valence-electron chi connectivity index (χ2n) is 3.93. The summed E-state index contributed by atoms with van der Waals surface area (Å²) in [4.78, 5) is 24.3. The van der Waals surface area contributed by atoms with Crippen molar-refractivity contribution in [3.63, 3.8) is 0 Å². The molecule has 1 aliphatic rings. The van der Waals surface area contributed by atoms with Crippen LogP contribution in [0.3, 0.4) is 0 Å². The number of nitrogens with zero attached hydrogens (tertiary/aromatic N) is 1. The zero-order chi connectivity index (χ0) is 11.7. The van der Waals surface area contributed by atoms with E-state index in [1.165, 1.54) is 11.2 Å². The fourth-order valence-corrected chi connectivity index (χ4v) is 1.99. The Morgan fingerprint density at radius 1 is 1.56 bits per heavy atom. The maximum atomic E-state index is 12.0. The van der Waals surface area contributed by atoms with Gasteiger partial charge in [-0.1, -0.05) is 0 Å². The van der Waals surface area contributed by atoms with Crippen LogP contribution in [0.5, 0.6) is 0 Å². The summed E-state index contributed by atoms with van der Waals surface area (Å²) in [5, 5.41) is 8.97. The van der Waals surface area contributed by atoms with E-state index in [1.54, 1.807) is 13.0 Å². The first-order chi connectivity index (χ1) is 7.61. The number of rotatable bonds is 2. The summed E-state index contributed by atoms with van der Waals surface area (Å²) in [6, 6.07) is 0.982. The largest absolute Gasteiger partial charge is 0.480 e. The van der Waals surface area contributed by atoms with Gasteiger partial charge in [-0.05, 0) is 25.8 Å². The van der Waals surface area contributed by atoms with Crippen molar-refractivity contribution in [3.05, 3.63) is 23.7 Å². The number of carbonyl (C=O) groups is 2. The van der Waals surface area contributed by atoms with Gasteiger partial charge in [0, 0.05) is 12.1 Å². The molecule has 1 aliphatic heterocycles. The van der Waals surface area contributed by atoms with E-state index in [0.717, 1.165) is 12.0 Å². The van der Waals surface area contributed by atoms with Crippen molar-refractivity contribution in [2.45, 2.75) is 25.8 Å². The molecule has 1 fully saturated rings. The fourth-order valence-electron chi connectivity index (χ4n) is 1.99. The van der Waals surface area contributed by atoms with Gasteiger partial charge in [0.1, 0.15) is 6.04 Å². The van der Waals surface area contributed by atoms with E-state index in [4.69, 9.17) is 9.52 Å². The highest BCUT2D eigenvalue weighted by Crippen LogP contribution is 2.22. The number of carbonyl (C=O) groups excluding carboxylic acids is 1. The number of aliphatic carboxylic acids is 1. The molecule has 0 aromatic carbocycles. The summed E-state index contributed by atoms with van der Waals surface area (Å²) in [6.45, 7) is 2.25. The van der Waals surface area contributed by atoms with Gasteiger partial charge < -0.3 is 14.4 Å². The first kappa shape index (κ1) is 10.7. The van der Waals surface area contributed by atoms with Gasteiger partial charge in [0.05, 0.1) is 6.26 Å². The lowest BCUT2D eigenvalue weighted by molar-refractivity contribution is -0.141. The molecule has 5 heteroatoms. The molecule has 0 saturated carbocycles. The number of hydrogen-bond donors (Lipinski definition) is 1. The average Bonchev–Trinajstić information content (AvgIpc) is 2.84. The van der Waals surface area contributed by atoms with Crippen LogP contribution in [0.1, 0.15) is 29.0 Å². The molecule has 1 N–H and O–H groups in total. The van der Waals surface area contributed by atoms with Crippen LogP contribution >= 0.6 is 0 Å². The monoisotopic (exact) mass is 223 g/mol. The van der Waals surface area contributed by atoms with Gasteiger partial charge in [0.2, 0.25) is 0 Å². The molecule has 1 saturated heterocycles. The highest BCUT2D eigenvalue weighted by molar-refractivity contribution is 5.95. The third kappa shape index (κ3) is 1.68. The summed E-state index contributed by atoms with van der Waals surface area (Å²) in [6.07, 6.45) is 2.68. The van der Waals surface area contributed by atoms with Gasteiger partial charge >= 0.3 is 5.97 Å². The molecule has 0 aliphatic carbocycles. The molecule has 0 bridgehead atoms. The molecule has 0 unspecified atom stereocenters. The predicted molar refractivity (Wildman–Crippen MR) is 55.1 cm³/mol. The molecule has 2 rings (SSSR count). The van der Waals surface area contributed by atoms with Crippen molar-refractivity contribution in [1.82, 2.24) is 4.90 Å². The number of carboxylic acids is 1. The summed E-state index contributed by atoms with van der Waals surface area (Å²) in [5.41, 5.74) is 0.737. The Kier molecular flexibility index (Phi) is 2.68. The summed E-state index contributed by atoms with van der Waals surface area (Å²) in [7, 11) is 0. The molecule has 1 amide bonds. The highest BCUT2D eigenvalue weighted by Gasteiger charge is 2.35. The van der Waals surface area contributed by atoms with Crippen molar-refractivity contribution < 1.29 is 19.1 Å². The maximum absolute atomic E-state index is 12.0. The van der Waals surface area contributed by atoms with Gasteiger partial charge in [-0.2, -0.15) is 0 Å². The summed E-state index contributed by atoms with van der Waals surface area (Å²) in [5.74, 6) is -1.03. The standard InChI is InChI=1S/C11H13NO4/c1-7-4-6-16-9(7)10(13)12-5-2-3-8(12)11(14)15/h4,6,8H,2-3,5H2,1H3,(H,14,15)/t8-/m1/s1. The van der Waals surface area contributed by atoms with E-state index in [2.05, 4.69) is 0 Å². The third-order valence-electron chi connectivity index (χ3n) is 2.86. The Labute approximate surface area is 92.7 Å². The quantitative estimate of drug-likeness (QED) is 0.819. The van der Waals surface area contributed by atoms with Gasteiger partial charge in [-0.25, -0.2) is 4.79 Å². The number of carboxylic acid groups (broad SMARTS) is 1. The smallest absolute Gasteiger partial charge is 0.326 e. The number of hydrogen-bond acceptors (Lipinski definition) is 3. The third-order valence-corrected chi connectivity index (χ3v) is 2.86. The molecule has 5 nitrogen and oxygen atoms in total. The van der Waals surface area contributed by atoms with Crippen molar-refractivity contribution in [3.8, 4) is 0 Å². The van der Waals surface area contributed by atoms with Crippen LogP contribution in [0.15, 0.2) is 16.7 Å². The first-order valence-electron chi connectivity index (χ1n) is 5.19. The number of amides is 1. The first-order valence-corrected chi connectivity index (χ1v) is 5.19. The molecule has 1 atom stereocenters. The fraction of sp³-hybridized carbons (Fsp3) is 0.455. The number of furan rings is 1. The topological polar surface area (TPSA) is 70.8 Å². The molecular formula is C11H13NO4. The van der Waals surface area contributed by atoms with E-state index in [0.29, 0.717) is 13.0 Å². The number of aryl methyl sites for hydroxylation is 1. The minimum atomic E-state index is -0.949. The van der Waals surface area contributed by atoms with Crippen molar-refractivity contribution in [2.24, 2.45) is 0 Å². The molecule has 16 heavy (non-hydrogen) atoms. The summed E-state index contributed by atoms with van der Waals surface area (Å²) < 4.78 is 5.08. The number of likely N-dealkylation sites (tertiary alicyclic amines) is 1. The van der Waals surface area contributed by atoms with Crippen LogP contribution in [0.4, 0.5) is 0 Å². The molecule has 2 heterocycles. The van der Waals surface area contributed by atoms with Gasteiger partial charge in [-0.15, -0.1) is 0 Å². The predicted octanol–water partition coefficient (Wildman–Crippen LogP) is 1.28. The normalized spacial score (nSPS) is 20.1. The van der Waals surface area contributed by atoms with E-state index in [-0.39, 0.29) is 11.7 Å². The molecule has 0 spiro atoms. The van der Waals surface area contributed by atoms with Crippen LogP contribution < -0.4 is 0 Å². The zero-order valence-electron chi connectivity index (χ0n) is 8.97. The molecule has 86 valence electrons. The molecular weight excluding hydrogens is 210 g/mol. The highest BCUT2D eigenvalue weighted by atomic mass is 16.4. The van der Waals surface area contributed by atoms with E-state index < -0.39 is 12.0 Å². The maximum Gasteiger partial charge on any atom is 0.326 e. The molecule has 0 radical (unpaired) electrons. The SMILES string of the molecule is Cc1ccoc1C(=O)N1CCC[C@@H]1C(=O)O. The lowest BCUT2D eigenvalue weighted by Gasteiger charge is -2.20. The van der Waals surface area contributed by atoms with Crippen LogP contribution in [-0.4, -0.2) is 34.5 Å². The summed E-state index contributed by atoms with van der Waals surface area (Å²) >= 11 is 0. The van der Waals surface area contributed by atoms with Gasteiger partial charge in [0.15, 0.2) is 5.76 Å². The van der Waals surface area contributed by atoms with Crippen molar-refractivity contribution in [1.29, 1.82) is 0 Å². The Bertz CT molecular complexity index is 423. The van der Waals surface area contributed by atoms with Crippen molar-refractivity contribution >= 4 is 11.9 Å². The average molecular weight is 223 g/mol. The minimum Gasteiger partial charge on any atom is -0.480 e. The molecule has 1 aromatic heterocycles. The van der Waals surface area contributed by atoms with E-state index >= 15 is 0 Å². The zero-order valence-corrected chi connectivity index (χ0v) is 8.97. The lowest BCUT2D eigenvalue weighted by atomic mass is 10.2. The van der Waals surface area contributed by atoms with Crippen molar-refractivity contribution in [2.75, 3.05) is 6.54 Å².